The molecule has 0 aliphatic rings. The minimum Gasteiger partial charge on any atom is -0.504 e. The lowest BCUT2D eigenvalue weighted by Crippen LogP contribution is -2.24. The third kappa shape index (κ3) is 3.18. The van der Waals surface area contributed by atoms with Crippen LogP contribution >= 0.6 is 11.5 Å². The van der Waals surface area contributed by atoms with E-state index >= 15 is 0 Å². The van der Waals surface area contributed by atoms with Gasteiger partial charge in [-0.15, -0.1) is 10.2 Å². The van der Waals surface area contributed by atoms with Crippen LogP contribution in [0.3, 0.4) is 0 Å². The zero-order chi connectivity index (χ0) is 16.2. The average molecular weight is 330 g/mol. The molecule has 0 bridgehead atoms. The van der Waals surface area contributed by atoms with Gasteiger partial charge in [0.1, 0.15) is 5.52 Å². The molecule has 11 heteroatoms. The first-order valence-corrected chi connectivity index (χ1v) is 7.11. The Kier molecular flexibility index (Phi) is 4.01. The minimum atomic E-state index is -0.509. The highest BCUT2D eigenvalue weighted by Gasteiger charge is 2.09. The number of fused-ring (bicyclic) bond motifs is 1. The number of carbonyl (C=O) groups excluding carboxylic acids is 1. The molecule has 3 heterocycles. The van der Waals surface area contributed by atoms with Crippen LogP contribution in [0.5, 0.6) is 5.75 Å². The summed E-state index contributed by atoms with van der Waals surface area (Å²) in [5, 5.41) is 22.9. The van der Waals surface area contributed by atoms with E-state index in [0.717, 1.165) is 11.5 Å². The molecule has 0 fully saturated rings. The van der Waals surface area contributed by atoms with Crippen molar-refractivity contribution in [3.8, 4) is 5.75 Å². The topological polar surface area (TPSA) is 138 Å². The Balaban J connectivity index is 1.87. The molecule has 3 N–H and O–H groups in total. The smallest absolute Gasteiger partial charge is 0.320 e. The molecule has 0 aliphatic heterocycles. The normalized spacial score (nSPS) is 11.0. The molecule has 0 atom stereocenters. The van der Waals surface area contributed by atoms with Gasteiger partial charge in [-0.2, -0.15) is 4.37 Å². The number of aromatic hydroxyl groups is 1. The molecular weight excluding hydrogens is 320 g/mol. The van der Waals surface area contributed by atoms with E-state index in [4.69, 9.17) is 0 Å². The van der Waals surface area contributed by atoms with Crippen LogP contribution in [-0.4, -0.2) is 37.5 Å². The lowest BCUT2D eigenvalue weighted by atomic mass is 10.4. The first-order chi connectivity index (χ1) is 11.2. The number of nitrogens with one attached hydrogen (secondary N) is 2. The van der Waals surface area contributed by atoms with Crippen LogP contribution in [0.1, 0.15) is 0 Å². The Bertz CT molecular complexity index is 894. The summed E-state index contributed by atoms with van der Waals surface area (Å²) in [5.41, 5.74) is 1.04. The number of rotatable bonds is 3. The molecule has 0 saturated heterocycles. The number of azo groups is 1. The summed E-state index contributed by atoms with van der Waals surface area (Å²) in [5.74, 6) is 0.0102. The Labute approximate surface area is 133 Å². The van der Waals surface area contributed by atoms with Crippen LogP contribution in [0.15, 0.2) is 34.8 Å². The number of hydrogen-bond acceptors (Lipinski definition) is 9. The summed E-state index contributed by atoms with van der Waals surface area (Å²) in [6.45, 7) is 0. The number of aromatic nitrogens is 4. The average Bonchev–Trinajstić information content (AvgIpc) is 2.98. The van der Waals surface area contributed by atoms with Crippen molar-refractivity contribution in [3.05, 3.63) is 24.5 Å². The standard InChI is InChI=1S/C12H10N8O2S/c1-13-12(22)17-9-6(21)2-3-7(16-9)18-19-11-8-10(20-23-11)15-5-4-14-8/h2-5,21H,1H3,(H2,13,16,17,22). The lowest BCUT2D eigenvalue weighted by molar-refractivity contribution is 0.253. The number of nitrogens with zero attached hydrogens (tertiary/aromatic N) is 6. The highest BCUT2D eigenvalue weighted by atomic mass is 32.1. The van der Waals surface area contributed by atoms with Crippen molar-refractivity contribution in [1.82, 2.24) is 24.6 Å². The van der Waals surface area contributed by atoms with Gasteiger partial charge in [-0.3, -0.25) is 5.32 Å². The Morgan fingerprint density at radius 1 is 1.26 bits per heavy atom. The molecule has 3 aromatic rings. The summed E-state index contributed by atoms with van der Waals surface area (Å²) in [4.78, 5) is 23.5. The predicted molar refractivity (Wildman–Crippen MR) is 83.4 cm³/mol. The Morgan fingerprint density at radius 3 is 2.91 bits per heavy atom. The van der Waals surface area contributed by atoms with Crippen LogP contribution in [-0.2, 0) is 0 Å². The molecule has 3 rings (SSSR count). The van der Waals surface area contributed by atoms with E-state index in [1.807, 2.05) is 0 Å². The summed E-state index contributed by atoms with van der Waals surface area (Å²) in [6, 6.07) is 2.31. The van der Waals surface area contributed by atoms with E-state index < -0.39 is 6.03 Å². The molecule has 0 radical (unpaired) electrons. The van der Waals surface area contributed by atoms with Crippen molar-refractivity contribution in [2.75, 3.05) is 12.4 Å². The predicted octanol–water partition coefficient (Wildman–Crippen LogP) is 2.35. The van der Waals surface area contributed by atoms with Gasteiger partial charge in [0.2, 0.25) is 0 Å². The van der Waals surface area contributed by atoms with Gasteiger partial charge in [-0.25, -0.2) is 19.7 Å². The van der Waals surface area contributed by atoms with Crippen LogP contribution < -0.4 is 10.6 Å². The molecule has 0 aromatic carbocycles. The fourth-order valence-electron chi connectivity index (χ4n) is 1.60. The van der Waals surface area contributed by atoms with Gasteiger partial charge < -0.3 is 10.4 Å². The molecule has 10 nitrogen and oxygen atoms in total. The molecule has 0 aliphatic carbocycles. The third-order valence-electron chi connectivity index (χ3n) is 2.66. The second-order valence-corrected chi connectivity index (χ2v) is 4.91. The summed E-state index contributed by atoms with van der Waals surface area (Å²) >= 11 is 1.11. The first kappa shape index (κ1) is 14.7. The van der Waals surface area contributed by atoms with Gasteiger partial charge >= 0.3 is 6.03 Å². The highest BCUT2D eigenvalue weighted by Crippen LogP contribution is 2.30. The van der Waals surface area contributed by atoms with Crippen molar-refractivity contribution in [1.29, 1.82) is 0 Å². The Morgan fingerprint density at radius 2 is 2.09 bits per heavy atom. The van der Waals surface area contributed by atoms with E-state index in [1.54, 1.807) is 12.4 Å². The van der Waals surface area contributed by atoms with E-state index in [-0.39, 0.29) is 17.4 Å². The van der Waals surface area contributed by atoms with E-state index in [9.17, 15) is 9.90 Å². The SMILES string of the molecule is CNC(=O)Nc1nc(N=Nc2snc3nccnc23)ccc1O. The molecule has 3 aromatic heterocycles. The van der Waals surface area contributed by atoms with Gasteiger partial charge in [-0.1, -0.05) is 0 Å². The van der Waals surface area contributed by atoms with Gasteiger partial charge in [0.05, 0.1) is 0 Å². The summed E-state index contributed by atoms with van der Waals surface area (Å²) in [7, 11) is 1.45. The maximum absolute atomic E-state index is 11.3. The van der Waals surface area contributed by atoms with E-state index in [0.29, 0.717) is 16.2 Å². The molecule has 0 unspecified atom stereocenters. The molecule has 0 saturated carbocycles. The number of urea groups is 1. The second kappa shape index (κ2) is 6.27. The van der Waals surface area contributed by atoms with Gasteiger partial charge in [-0.05, 0) is 23.7 Å². The van der Waals surface area contributed by atoms with Crippen LogP contribution in [0, 0.1) is 0 Å². The number of amides is 2. The zero-order valence-electron chi connectivity index (χ0n) is 11.8. The van der Waals surface area contributed by atoms with E-state index in [1.165, 1.54) is 19.2 Å². The van der Waals surface area contributed by atoms with Gasteiger partial charge in [0.15, 0.2) is 28.0 Å². The second-order valence-electron chi connectivity index (χ2n) is 4.16. The van der Waals surface area contributed by atoms with Crippen molar-refractivity contribution >= 4 is 45.4 Å². The molecular formula is C12H10N8O2S. The first-order valence-electron chi connectivity index (χ1n) is 6.34. The fourth-order valence-corrected chi connectivity index (χ4v) is 2.21. The number of carbonyl (C=O) groups is 1. The minimum absolute atomic E-state index is 0.0187. The number of hydrogen-bond donors (Lipinski definition) is 3. The van der Waals surface area contributed by atoms with Crippen LogP contribution in [0.4, 0.5) is 21.4 Å². The molecule has 2 amide bonds. The summed E-state index contributed by atoms with van der Waals surface area (Å²) in [6.07, 6.45) is 3.08. The van der Waals surface area contributed by atoms with Crippen LogP contribution in [0.2, 0.25) is 0 Å². The molecule has 0 spiro atoms. The fraction of sp³-hybridized carbons (Fsp3) is 0.0833. The zero-order valence-corrected chi connectivity index (χ0v) is 12.6. The highest BCUT2D eigenvalue weighted by molar-refractivity contribution is 7.11. The van der Waals surface area contributed by atoms with Crippen molar-refractivity contribution in [2.45, 2.75) is 0 Å². The largest absolute Gasteiger partial charge is 0.504 e. The van der Waals surface area contributed by atoms with Crippen molar-refractivity contribution in [3.63, 3.8) is 0 Å². The molecule has 23 heavy (non-hydrogen) atoms. The third-order valence-corrected chi connectivity index (χ3v) is 3.37. The van der Waals surface area contributed by atoms with E-state index in [2.05, 4.69) is 40.2 Å². The van der Waals surface area contributed by atoms with Crippen LogP contribution in [0.25, 0.3) is 11.2 Å². The monoisotopic (exact) mass is 330 g/mol. The number of anilines is 1. The number of pyridine rings is 1. The molecule has 116 valence electrons. The lowest BCUT2D eigenvalue weighted by Gasteiger charge is -2.05. The maximum atomic E-state index is 11.3. The van der Waals surface area contributed by atoms with Crippen molar-refractivity contribution in [2.24, 2.45) is 10.2 Å². The maximum Gasteiger partial charge on any atom is 0.320 e. The van der Waals surface area contributed by atoms with Gasteiger partial charge in [0, 0.05) is 19.4 Å². The summed E-state index contributed by atoms with van der Waals surface area (Å²) < 4.78 is 4.10. The Hall–Kier alpha value is -3.21. The van der Waals surface area contributed by atoms with Crippen molar-refractivity contribution < 1.29 is 9.90 Å². The van der Waals surface area contributed by atoms with Gasteiger partial charge in [0.25, 0.3) is 0 Å². The quantitative estimate of drug-likeness (QED) is 0.630.